The molecule has 0 saturated heterocycles. The van der Waals surface area contributed by atoms with E-state index in [0.29, 0.717) is 21.9 Å². The fraction of sp³-hybridized carbons (Fsp3) is 0.250. The molecule has 1 aliphatic heterocycles. The van der Waals surface area contributed by atoms with Crippen molar-refractivity contribution in [3.63, 3.8) is 0 Å². The Morgan fingerprint density at radius 1 is 1.20 bits per heavy atom. The molecule has 0 saturated carbocycles. The van der Waals surface area contributed by atoms with Crippen molar-refractivity contribution in [2.45, 2.75) is 12.6 Å². The number of hydrogen-bond donors (Lipinski definition) is 1. The summed E-state index contributed by atoms with van der Waals surface area (Å²) in [6.45, 7) is 2.14. The lowest BCUT2D eigenvalue weighted by molar-refractivity contribution is 0.242. The highest BCUT2D eigenvalue weighted by Gasteiger charge is 2.43. The Kier molecular flexibility index (Phi) is 3.09. The third-order valence-electron chi connectivity index (χ3n) is 3.71. The molecule has 0 amide bonds. The zero-order valence-electron chi connectivity index (χ0n) is 11.3. The van der Waals surface area contributed by atoms with Crippen LogP contribution in [0.3, 0.4) is 0 Å². The topological polar surface area (TPSA) is 21.3 Å². The lowest BCUT2D eigenvalue weighted by atomic mass is 9.88. The first kappa shape index (κ1) is 13.3. The van der Waals surface area contributed by atoms with Crippen molar-refractivity contribution >= 4 is 17.3 Å². The monoisotopic (exact) mass is 291 g/mol. The van der Waals surface area contributed by atoms with E-state index < -0.39 is 5.67 Å². The average Bonchev–Trinajstić information content (AvgIpc) is 2.77. The molecule has 0 spiro atoms. The molecule has 4 heteroatoms. The molecule has 1 heterocycles. The maximum atomic E-state index is 15.6. The number of nitrogens with one attached hydrogen (secondary N) is 1. The maximum Gasteiger partial charge on any atom is 0.183 e. The molecule has 0 aliphatic carbocycles. The molecule has 3 rings (SSSR count). The predicted molar refractivity (Wildman–Crippen MR) is 79.6 cm³/mol. The van der Waals surface area contributed by atoms with Crippen LogP contribution in [-0.2, 0) is 5.67 Å². The summed E-state index contributed by atoms with van der Waals surface area (Å²) in [4.78, 5) is 0. The predicted octanol–water partition coefficient (Wildman–Crippen LogP) is 4.30. The molecule has 1 N–H and O–H groups in total. The Labute approximate surface area is 122 Å². The molecule has 2 aromatic rings. The number of benzene rings is 2. The second kappa shape index (κ2) is 4.67. The van der Waals surface area contributed by atoms with Gasteiger partial charge in [-0.2, -0.15) is 0 Å². The van der Waals surface area contributed by atoms with E-state index in [0.717, 1.165) is 11.3 Å². The van der Waals surface area contributed by atoms with Gasteiger partial charge in [0.25, 0.3) is 0 Å². The third kappa shape index (κ3) is 1.93. The zero-order chi connectivity index (χ0) is 14.3. The number of methoxy groups -OCH3 is 1. The first-order chi connectivity index (χ1) is 9.54. The van der Waals surface area contributed by atoms with Crippen molar-refractivity contribution in [2.75, 3.05) is 19.0 Å². The smallest absolute Gasteiger partial charge is 0.183 e. The van der Waals surface area contributed by atoms with Gasteiger partial charge in [0.05, 0.1) is 13.7 Å². The van der Waals surface area contributed by atoms with Crippen molar-refractivity contribution in [2.24, 2.45) is 0 Å². The van der Waals surface area contributed by atoms with Crippen molar-refractivity contribution < 1.29 is 9.13 Å². The van der Waals surface area contributed by atoms with Gasteiger partial charge >= 0.3 is 0 Å². The van der Waals surface area contributed by atoms with Crippen LogP contribution < -0.4 is 10.1 Å². The molecule has 0 aromatic heterocycles. The van der Waals surface area contributed by atoms with Crippen LogP contribution in [0.2, 0.25) is 5.02 Å². The minimum Gasteiger partial charge on any atom is -0.496 e. The van der Waals surface area contributed by atoms with Crippen molar-refractivity contribution in [1.82, 2.24) is 0 Å². The van der Waals surface area contributed by atoms with E-state index >= 15 is 4.39 Å². The highest BCUT2D eigenvalue weighted by molar-refractivity contribution is 6.30. The van der Waals surface area contributed by atoms with E-state index in [1.165, 1.54) is 7.11 Å². The summed E-state index contributed by atoms with van der Waals surface area (Å²) in [6, 6.07) is 10.8. The lowest BCUT2D eigenvalue weighted by Crippen LogP contribution is -2.25. The summed E-state index contributed by atoms with van der Waals surface area (Å²) in [5.41, 5.74) is 1.32. The summed E-state index contributed by atoms with van der Waals surface area (Å²) >= 11 is 6.03. The molecule has 1 atom stereocenters. The molecule has 1 aliphatic rings. The van der Waals surface area contributed by atoms with Gasteiger partial charge in [-0.25, -0.2) is 4.39 Å². The van der Waals surface area contributed by atoms with E-state index in [4.69, 9.17) is 16.3 Å². The van der Waals surface area contributed by atoms with Gasteiger partial charge in [0.15, 0.2) is 5.67 Å². The number of hydrogen-bond acceptors (Lipinski definition) is 2. The van der Waals surface area contributed by atoms with Gasteiger partial charge in [-0.1, -0.05) is 29.3 Å². The Morgan fingerprint density at radius 2 is 2.00 bits per heavy atom. The number of alkyl halides is 1. The molecule has 104 valence electrons. The van der Waals surface area contributed by atoms with Crippen LogP contribution in [0.25, 0.3) is 0 Å². The van der Waals surface area contributed by atoms with Crippen molar-refractivity contribution in [3.05, 3.63) is 58.1 Å². The molecule has 2 nitrogen and oxygen atoms in total. The first-order valence-corrected chi connectivity index (χ1v) is 6.80. The van der Waals surface area contributed by atoms with Gasteiger partial charge in [0, 0.05) is 21.8 Å². The fourth-order valence-electron chi connectivity index (χ4n) is 2.68. The van der Waals surface area contributed by atoms with Crippen LogP contribution in [0.15, 0.2) is 36.4 Å². The van der Waals surface area contributed by atoms with E-state index in [9.17, 15) is 0 Å². The number of halogens is 2. The van der Waals surface area contributed by atoms with Crippen LogP contribution in [0.1, 0.15) is 16.7 Å². The highest BCUT2D eigenvalue weighted by Crippen LogP contribution is 2.47. The van der Waals surface area contributed by atoms with Gasteiger partial charge in [-0.3, -0.25) is 0 Å². The molecule has 0 radical (unpaired) electrons. The molecule has 20 heavy (non-hydrogen) atoms. The summed E-state index contributed by atoms with van der Waals surface area (Å²) < 4.78 is 20.9. The van der Waals surface area contributed by atoms with E-state index in [-0.39, 0.29) is 6.54 Å². The quantitative estimate of drug-likeness (QED) is 0.891. The number of rotatable bonds is 2. The summed E-state index contributed by atoms with van der Waals surface area (Å²) in [5.74, 6) is 0.507. The summed E-state index contributed by atoms with van der Waals surface area (Å²) in [7, 11) is 1.54. The van der Waals surface area contributed by atoms with Crippen molar-refractivity contribution in [3.8, 4) is 5.75 Å². The Balaban J connectivity index is 2.21. The van der Waals surface area contributed by atoms with Gasteiger partial charge in [-0.15, -0.1) is 0 Å². The van der Waals surface area contributed by atoms with E-state index in [2.05, 4.69) is 5.32 Å². The fourth-order valence-corrected chi connectivity index (χ4v) is 2.85. The van der Waals surface area contributed by atoms with Gasteiger partial charge in [-0.05, 0) is 31.2 Å². The largest absolute Gasteiger partial charge is 0.496 e. The minimum absolute atomic E-state index is 0.183. The average molecular weight is 292 g/mol. The number of anilines is 1. The second-order valence-corrected chi connectivity index (χ2v) is 5.48. The Hall–Kier alpha value is -1.74. The lowest BCUT2D eigenvalue weighted by Gasteiger charge is -2.23. The highest BCUT2D eigenvalue weighted by atomic mass is 35.5. The van der Waals surface area contributed by atoms with Gasteiger partial charge < -0.3 is 10.1 Å². The standard InChI is InChI=1S/C16H15ClFNO/c1-10-3-5-14-12(7-10)16(18,9-19-14)13-8-11(17)4-6-15(13)20-2/h3-8,19H,9H2,1-2H3. The molecule has 2 aromatic carbocycles. The van der Waals surface area contributed by atoms with Crippen LogP contribution in [0.5, 0.6) is 5.75 Å². The molecule has 1 unspecified atom stereocenters. The Bertz CT molecular complexity index is 674. The molecular weight excluding hydrogens is 277 g/mol. The SMILES string of the molecule is COc1ccc(Cl)cc1C1(F)CNc2ccc(C)cc21. The number of fused-ring (bicyclic) bond motifs is 1. The normalized spacial score (nSPS) is 20.4. The number of aryl methyl sites for hydroxylation is 1. The number of ether oxygens (including phenoxy) is 1. The minimum atomic E-state index is -1.63. The van der Waals surface area contributed by atoms with Crippen molar-refractivity contribution in [1.29, 1.82) is 0 Å². The molecule has 0 bridgehead atoms. The van der Waals surface area contributed by atoms with Gasteiger partial charge in [0.1, 0.15) is 5.75 Å². The van der Waals surface area contributed by atoms with Crippen LogP contribution in [0.4, 0.5) is 10.1 Å². The Morgan fingerprint density at radius 3 is 2.75 bits per heavy atom. The third-order valence-corrected chi connectivity index (χ3v) is 3.95. The summed E-state index contributed by atoms with van der Waals surface area (Å²) in [5, 5.41) is 3.61. The van der Waals surface area contributed by atoms with Crippen LogP contribution >= 0.6 is 11.6 Å². The second-order valence-electron chi connectivity index (χ2n) is 5.05. The van der Waals surface area contributed by atoms with Crippen LogP contribution in [-0.4, -0.2) is 13.7 Å². The van der Waals surface area contributed by atoms with Crippen LogP contribution in [0, 0.1) is 6.92 Å². The van der Waals surface area contributed by atoms with Gasteiger partial charge in [0.2, 0.25) is 0 Å². The summed E-state index contributed by atoms with van der Waals surface area (Å²) in [6.07, 6.45) is 0. The van der Waals surface area contributed by atoms with E-state index in [1.807, 2.05) is 25.1 Å². The molecule has 0 fully saturated rings. The maximum absolute atomic E-state index is 15.6. The van der Waals surface area contributed by atoms with E-state index in [1.54, 1.807) is 18.2 Å². The molecular formula is C16H15ClFNO. The first-order valence-electron chi connectivity index (χ1n) is 6.42. The zero-order valence-corrected chi connectivity index (χ0v) is 12.1.